The first-order valence-corrected chi connectivity index (χ1v) is 10.5. The average Bonchev–Trinajstić information content (AvgIpc) is 2.79. The number of nitro benzene ring substituents is 1. The lowest BCUT2D eigenvalue weighted by molar-refractivity contribution is -0.384. The van der Waals surface area contributed by atoms with Gasteiger partial charge in [-0.3, -0.25) is 25.1 Å². The first-order valence-electron chi connectivity index (χ1n) is 10.5. The Kier molecular flexibility index (Phi) is 8.69. The summed E-state index contributed by atoms with van der Waals surface area (Å²) in [5.41, 5.74) is 1.44. The van der Waals surface area contributed by atoms with Gasteiger partial charge in [0.25, 0.3) is 17.5 Å². The van der Waals surface area contributed by atoms with E-state index < -0.39 is 22.3 Å². The van der Waals surface area contributed by atoms with Gasteiger partial charge in [-0.15, -0.1) is 0 Å². The lowest BCUT2D eigenvalue weighted by Gasteiger charge is -2.31. The predicted octanol–water partition coefficient (Wildman–Crippen LogP) is 4.38. The number of amides is 2. The number of benzene rings is 2. The lowest BCUT2D eigenvalue weighted by Crippen LogP contribution is -2.55. The van der Waals surface area contributed by atoms with E-state index in [4.69, 9.17) is 0 Å². The molecule has 2 rings (SSSR count). The molecular formula is C23H29N3O5. The third kappa shape index (κ3) is 6.36. The van der Waals surface area contributed by atoms with Crippen molar-refractivity contribution >= 4 is 23.2 Å². The highest BCUT2D eigenvalue weighted by Crippen LogP contribution is 2.24. The van der Waals surface area contributed by atoms with Gasteiger partial charge >= 0.3 is 0 Å². The number of nitro groups is 1. The van der Waals surface area contributed by atoms with Gasteiger partial charge in [-0.2, -0.15) is 0 Å². The number of non-ortho nitro benzene ring substituents is 1. The van der Waals surface area contributed by atoms with Crippen LogP contribution in [-0.2, 0) is 4.79 Å². The fourth-order valence-electron chi connectivity index (χ4n) is 3.16. The maximum Gasteiger partial charge on any atom is 0.277 e. The van der Waals surface area contributed by atoms with Crippen molar-refractivity contribution < 1.29 is 19.6 Å². The van der Waals surface area contributed by atoms with Gasteiger partial charge in [0.2, 0.25) is 0 Å². The zero-order valence-corrected chi connectivity index (χ0v) is 17.9. The highest BCUT2D eigenvalue weighted by atomic mass is 16.6. The topological polar surface area (TPSA) is 113 Å². The first kappa shape index (κ1) is 24.0. The lowest BCUT2D eigenvalue weighted by atomic mass is 9.90. The fraction of sp³-hybridized carbons (Fsp3) is 0.391. The van der Waals surface area contributed by atoms with E-state index in [1.54, 1.807) is 30.3 Å². The Bertz CT molecular complexity index is 876. The van der Waals surface area contributed by atoms with Crippen LogP contribution in [0.15, 0.2) is 54.6 Å². The van der Waals surface area contributed by atoms with E-state index in [2.05, 4.69) is 5.43 Å². The zero-order chi connectivity index (χ0) is 22.9. The number of carbonyl (C=O) groups excluding carboxylic acids is 2. The summed E-state index contributed by atoms with van der Waals surface area (Å²) >= 11 is 0. The molecule has 0 bridgehead atoms. The molecule has 2 aromatic carbocycles. The minimum Gasteiger partial charge on any atom is -0.380 e. The molecule has 0 unspecified atom stereocenters. The second-order valence-electron chi connectivity index (χ2n) is 7.46. The number of carbonyl (C=O) groups is 2. The largest absolute Gasteiger partial charge is 0.380 e. The monoisotopic (exact) mass is 427 g/mol. The van der Waals surface area contributed by atoms with Crippen molar-refractivity contribution in [2.24, 2.45) is 0 Å². The van der Waals surface area contributed by atoms with Gasteiger partial charge in [-0.1, -0.05) is 57.7 Å². The minimum atomic E-state index is -1.59. The van der Waals surface area contributed by atoms with E-state index >= 15 is 0 Å². The van der Waals surface area contributed by atoms with Crippen LogP contribution in [0.1, 0.15) is 62.7 Å². The van der Waals surface area contributed by atoms with E-state index in [-0.39, 0.29) is 11.3 Å². The number of para-hydroxylation sites is 1. The molecule has 8 heteroatoms. The Balaban J connectivity index is 2.34. The molecule has 2 N–H and O–H groups in total. The Labute approximate surface area is 182 Å². The van der Waals surface area contributed by atoms with Gasteiger partial charge in [0, 0.05) is 17.7 Å². The summed E-state index contributed by atoms with van der Waals surface area (Å²) < 4.78 is 0. The summed E-state index contributed by atoms with van der Waals surface area (Å²) in [6.45, 7) is 3.96. The van der Waals surface area contributed by atoms with Crippen LogP contribution >= 0.6 is 0 Å². The van der Waals surface area contributed by atoms with Crippen molar-refractivity contribution in [1.29, 1.82) is 0 Å². The van der Waals surface area contributed by atoms with E-state index in [1.807, 2.05) is 13.8 Å². The van der Waals surface area contributed by atoms with Crippen LogP contribution in [0.4, 0.5) is 11.4 Å². The van der Waals surface area contributed by atoms with E-state index in [0.717, 1.165) is 17.9 Å². The van der Waals surface area contributed by atoms with Gasteiger partial charge in [0.1, 0.15) is 5.60 Å². The first-order chi connectivity index (χ1) is 14.8. The summed E-state index contributed by atoms with van der Waals surface area (Å²) in [5, 5.41) is 23.0. The van der Waals surface area contributed by atoms with Crippen LogP contribution in [-0.4, -0.2) is 27.4 Å². The molecular weight excluding hydrogens is 398 g/mol. The standard InChI is InChI=1S/C23H29N3O5/c1-3-5-16-23(29,17-6-4-2)22(28)24-25(19-10-8-7-9-11-19)21(27)18-12-14-20(15-13-18)26(30)31/h7-15,29H,3-6,16-17H2,1-2H3,(H,24,28). The Morgan fingerprint density at radius 1 is 1.00 bits per heavy atom. The number of hydrogen-bond acceptors (Lipinski definition) is 5. The summed E-state index contributed by atoms with van der Waals surface area (Å²) in [5.74, 6) is -1.21. The maximum atomic E-state index is 13.2. The Morgan fingerprint density at radius 3 is 2.03 bits per heavy atom. The quantitative estimate of drug-likeness (QED) is 0.431. The van der Waals surface area contributed by atoms with Gasteiger partial charge in [-0.05, 0) is 37.1 Å². The highest BCUT2D eigenvalue weighted by Gasteiger charge is 2.36. The SMILES string of the molecule is CCCCC(O)(CCCC)C(=O)NN(C(=O)c1ccc([N+](=O)[O-])cc1)c1ccccc1. The number of nitrogens with zero attached hydrogens (tertiary/aromatic N) is 2. The molecule has 8 nitrogen and oxygen atoms in total. The number of hydrogen-bond donors (Lipinski definition) is 2. The van der Waals surface area contributed by atoms with Gasteiger partial charge in [0.15, 0.2) is 0 Å². The molecule has 0 aliphatic heterocycles. The van der Waals surface area contributed by atoms with Crippen molar-refractivity contribution in [1.82, 2.24) is 5.43 Å². The van der Waals surface area contributed by atoms with Crippen molar-refractivity contribution in [3.8, 4) is 0 Å². The van der Waals surface area contributed by atoms with Crippen LogP contribution in [0, 0.1) is 10.1 Å². The second-order valence-corrected chi connectivity index (χ2v) is 7.46. The van der Waals surface area contributed by atoms with Crippen LogP contribution in [0.25, 0.3) is 0 Å². The number of aliphatic hydroxyl groups is 1. The number of unbranched alkanes of at least 4 members (excludes halogenated alkanes) is 2. The van der Waals surface area contributed by atoms with E-state index in [1.165, 1.54) is 24.3 Å². The molecule has 0 aliphatic carbocycles. The third-order valence-electron chi connectivity index (χ3n) is 5.07. The molecule has 0 spiro atoms. The molecule has 0 saturated heterocycles. The minimum absolute atomic E-state index is 0.139. The molecule has 0 atom stereocenters. The van der Waals surface area contributed by atoms with Crippen LogP contribution in [0.5, 0.6) is 0 Å². The molecule has 2 aromatic rings. The van der Waals surface area contributed by atoms with Gasteiger partial charge < -0.3 is 5.11 Å². The predicted molar refractivity (Wildman–Crippen MR) is 118 cm³/mol. The van der Waals surface area contributed by atoms with Crippen molar-refractivity contribution in [3.05, 3.63) is 70.3 Å². The summed E-state index contributed by atoms with van der Waals surface area (Å²) in [4.78, 5) is 36.6. The number of nitrogens with one attached hydrogen (secondary N) is 1. The summed E-state index contributed by atoms with van der Waals surface area (Å²) in [6, 6.07) is 13.7. The van der Waals surface area contributed by atoms with Crippen molar-refractivity contribution in [2.75, 3.05) is 5.01 Å². The second kappa shape index (κ2) is 11.2. The van der Waals surface area contributed by atoms with Crippen LogP contribution in [0.2, 0.25) is 0 Å². The van der Waals surface area contributed by atoms with Crippen LogP contribution in [0.3, 0.4) is 0 Å². The zero-order valence-electron chi connectivity index (χ0n) is 17.9. The third-order valence-corrected chi connectivity index (χ3v) is 5.07. The Hall–Kier alpha value is -3.26. The average molecular weight is 428 g/mol. The highest BCUT2D eigenvalue weighted by molar-refractivity contribution is 6.08. The molecule has 2 amide bonds. The molecule has 31 heavy (non-hydrogen) atoms. The van der Waals surface area contributed by atoms with E-state index in [0.29, 0.717) is 31.4 Å². The number of anilines is 1. The molecule has 0 saturated carbocycles. The normalized spacial score (nSPS) is 11.1. The fourth-order valence-corrected chi connectivity index (χ4v) is 3.16. The number of hydrazine groups is 1. The van der Waals surface area contributed by atoms with Crippen molar-refractivity contribution in [3.63, 3.8) is 0 Å². The molecule has 0 fully saturated rings. The molecule has 0 heterocycles. The van der Waals surface area contributed by atoms with Crippen molar-refractivity contribution in [2.45, 2.75) is 58.0 Å². The van der Waals surface area contributed by atoms with Gasteiger partial charge in [-0.25, -0.2) is 5.01 Å². The maximum absolute atomic E-state index is 13.2. The number of rotatable bonds is 10. The molecule has 166 valence electrons. The van der Waals surface area contributed by atoms with Gasteiger partial charge in [0.05, 0.1) is 10.6 Å². The summed E-state index contributed by atoms with van der Waals surface area (Å²) in [7, 11) is 0. The van der Waals surface area contributed by atoms with Crippen LogP contribution < -0.4 is 10.4 Å². The smallest absolute Gasteiger partial charge is 0.277 e. The Morgan fingerprint density at radius 2 is 1.55 bits per heavy atom. The summed E-state index contributed by atoms with van der Waals surface area (Å²) in [6.07, 6.45) is 3.59. The van der Waals surface area contributed by atoms with E-state index in [9.17, 15) is 24.8 Å². The molecule has 0 radical (unpaired) electrons. The molecule has 0 aliphatic rings. The molecule has 0 aromatic heterocycles.